The van der Waals surface area contributed by atoms with E-state index in [-0.39, 0.29) is 6.10 Å². The molecule has 1 atom stereocenters. The topological polar surface area (TPSA) is 23.5 Å². The number of hydrogen-bond donors (Lipinski definition) is 1. The summed E-state index contributed by atoms with van der Waals surface area (Å²) >= 11 is 0. The van der Waals surface area contributed by atoms with E-state index in [0.29, 0.717) is 6.54 Å². The van der Waals surface area contributed by atoms with Crippen molar-refractivity contribution in [2.45, 2.75) is 46.1 Å². The van der Waals surface area contributed by atoms with Gasteiger partial charge in [0.15, 0.2) is 0 Å². The molecule has 0 aliphatic rings. The molecule has 0 fully saturated rings. The predicted octanol–water partition coefficient (Wildman–Crippen LogP) is 3.46. The summed E-state index contributed by atoms with van der Waals surface area (Å²) < 4.78 is 0. The number of nitrogens with zero attached hydrogens (tertiary/aromatic N) is 1. The highest BCUT2D eigenvalue weighted by molar-refractivity contribution is 5.31. The summed E-state index contributed by atoms with van der Waals surface area (Å²) in [4.78, 5) is 2.22. The number of rotatable bonds is 7. The van der Waals surface area contributed by atoms with Crippen molar-refractivity contribution in [2.24, 2.45) is 0 Å². The van der Waals surface area contributed by atoms with E-state index in [2.05, 4.69) is 44.9 Å². The van der Waals surface area contributed by atoms with Crippen LogP contribution in [0.1, 0.15) is 49.0 Å². The molecule has 0 radical (unpaired) electrons. The zero-order chi connectivity index (χ0) is 13.5. The van der Waals surface area contributed by atoms with Crippen LogP contribution in [0.25, 0.3) is 0 Å². The minimum atomic E-state index is -0.379. The number of likely N-dealkylation sites (N-methyl/N-ethyl adjacent to an activating group) is 1. The van der Waals surface area contributed by atoms with Crippen LogP contribution in [0.5, 0.6) is 0 Å². The SMILES string of the molecule is CCCCCN(C)CC(O)c1ccc(C)c(C)c1. The minimum Gasteiger partial charge on any atom is -0.387 e. The summed E-state index contributed by atoms with van der Waals surface area (Å²) in [5.41, 5.74) is 3.56. The summed E-state index contributed by atoms with van der Waals surface area (Å²) in [6, 6.07) is 6.22. The highest BCUT2D eigenvalue weighted by Crippen LogP contribution is 2.17. The molecule has 1 aromatic carbocycles. The van der Waals surface area contributed by atoms with Crippen molar-refractivity contribution < 1.29 is 5.11 Å². The molecule has 0 heterocycles. The molecular weight excluding hydrogens is 222 g/mol. The van der Waals surface area contributed by atoms with Gasteiger partial charge in [-0.05, 0) is 50.6 Å². The Kier molecular flexibility index (Phi) is 6.37. The second-order valence-corrected chi connectivity index (χ2v) is 5.33. The first kappa shape index (κ1) is 15.2. The molecule has 0 saturated carbocycles. The fraction of sp³-hybridized carbons (Fsp3) is 0.625. The smallest absolute Gasteiger partial charge is 0.0916 e. The van der Waals surface area contributed by atoms with E-state index in [9.17, 15) is 5.11 Å². The van der Waals surface area contributed by atoms with Crippen molar-refractivity contribution in [1.82, 2.24) is 4.90 Å². The molecule has 18 heavy (non-hydrogen) atoms. The van der Waals surface area contributed by atoms with Gasteiger partial charge in [0, 0.05) is 6.54 Å². The number of aliphatic hydroxyl groups is 1. The van der Waals surface area contributed by atoms with E-state index in [4.69, 9.17) is 0 Å². The van der Waals surface area contributed by atoms with Gasteiger partial charge < -0.3 is 10.0 Å². The van der Waals surface area contributed by atoms with Gasteiger partial charge in [0.2, 0.25) is 0 Å². The first-order valence-electron chi connectivity index (χ1n) is 6.98. The maximum atomic E-state index is 10.2. The standard InChI is InChI=1S/C16H27NO/c1-5-6-7-10-17(4)12-16(18)15-9-8-13(2)14(3)11-15/h8-9,11,16,18H,5-7,10,12H2,1-4H3. The van der Waals surface area contributed by atoms with Crippen molar-refractivity contribution in [3.63, 3.8) is 0 Å². The lowest BCUT2D eigenvalue weighted by atomic mass is 10.0. The summed E-state index contributed by atoms with van der Waals surface area (Å²) in [6.07, 6.45) is 3.35. The largest absolute Gasteiger partial charge is 0.387 e. The van der Waals surface area contributed by atoms with Gasteiger partial charge in [-0.1, -0.05) is 38.0 Å². The van der Waals surface area contributed by atoms with Crippen LogP contribution in [-0.4, -0.2) is 30.1 Å². The van der Waals surface area contributed by atoms with Gasteiger partial charge in [0.05, 0.1) is 6.10 Å². The molecule has 0 aromatic heterocycles. The quantitative estimate of drug-likeness (QED) is 0.748. The van der Waals surface area contributed by atoms with Crippen LogP contribution in [0.3, 0.4) is 0 Å². The van der Waals surface area contributed by atoms with Crippen LogP contribution in [0, 0.1) is 13.8 Å². The zero-order valence-electron chi connectivity index (χ0n) is 12.2. The summed E-state index contributed by atoms with van der Waals surface area (Å²) in [5, 5.41) is 10.2. The fourth-order valence-electron chi connectivity index (χ4n) is 2.10. The van der Waals surface area contributed by atoms with Gasteiger partial charge in [0.1, 0.15) is 0 Å². The van der Waals surface area contributed by atoms with Crippen molar-refractivity contribution in [1.29, 1.82) is 0 Å². The molecule has 0 spiro atoms. The van der Waals surface area contributed by atoms with Crippen LogP contribution in [0.15, 0.2) is 18.2 Å². The minimum absolute atomic E-state index is 0.379. The Bertz CT molecular complexity index is 362. The van der Waals surface area contributed by atoms with Crippen molar-refractivity contribution in [3.05, 3.63) is 34.9 Å². The molecule has 1 unspecified atom stereocenters. The number of aryl methyl sites for hydroxylation is 2. The molecule has 0 amide bonds. The highest BCUT2D eigenvalue weighted by Gasteiger charge is 2.11. The molecule has 0 saturated heterocycles. The Morgan fingerprint density at radius 2 is 1.89 bits per heavy atom. The van der Waals surface area contributed by atoms with Crippen molar-refractivity contribution in [2.75, 3.05) is 20.1 Å². The van der Waals surface area contributed by atoms with E-state index in [1.54, 1.807) is 0 Å². The maximum absolute atomic E-state index is 10.2. The maximum Gasteiger partial charge on any atom is 0.0916 e. The lowest BCUT2D eigenvalue weighted by Crippen LogP contribution is -2.25. The molecule has 102 valence electrons. The molecule has 2 nitrogen and oxygen atoms in total. The summed E-state index contributed by atoms with van der Waals surface area (Å²) in [5.74, 6) is 0. The number of benzene rings is 1. The van der Waals surface area contributed by atoms with Crippen LogP contribution in [0.4, 0.5) is 0 Å². The van der Waals surface area contributed by atoms with Crippen LogP contribution < -0.4 is 0 Å². The number of aliphatic hydroxyl groups excluding tert-OH is 1. The Morgan fingerprint density at radius 1 is 1.17 bits per heavy atom. The van der Waals surface area contributed by atoms with Crippen molar-refractivity contribution >= 4 is 0 Å². The second-order valence-electron chi connectivity index (χ2n) is 5.33. The zero-order valence-corrected chi connectivity index (χ0v) is 12.2. The van der Waals surface area contributed by atoms with Gasteiger partial charge in [0.25, 0.3) is 0 Å². The number of hydrogen-bond acceptors (Lipinski definition) is 2. The molecule has 1 rings (SSSR count). The molecular formula is C16H27NO. The van der Waals surface area contributed by atoms with E-state index in [1.807, 2.05) is 6.07 Å². The highest BCUT2D eigenvalue weighted by atomic mass is 16.3. The predicted molar refractivity (Wildman–Crippen MR) is 77.9 cm³/mol. The van der Waals surface area contributed by atoms with Gasteiger partial charge in [-0.3, -0.25) is 0 Å². The van der Waals surface area contributed by atoms with E-state index in [0.717, 1.165) is 12.1 Å². The second kappa shape index (κ2) is 7.55. The molecule has 2 heteroatoms. The molecule has 1 aromatic rings. The van der Waals surface area contributed by atoms with Gasteiger partial charge in [-0.15, -0.1) is 0 Å². The van der Waals surface area contributed by atoms with Crippen LogP contribution in [-0.2, 0) is 0 Å². The Morgan fingerprint density at radius 3 is 2.50 bits per heavy atom. The number of unbranched alkanes of at least 4 members (excludes halogenated alkanes) is 2. The fourth-order valence-corrected chi connectivity index (χ4v) is 2.10. The summed E-state index contributed by atoms with van der Waals surface area (Å²) in [6.45, 7) is 8.19. The lowest BCUT2D eigenvalue weighted by molar-refractivity contribution is 0.126. The van der Waals surface area contributed by atoms with Crippen LogP contribution in [0.2, 0.25) is 0 Å². The molecule has 0 bridgehead atoms. The monoisotopic (exact) mass is 249 g/mol. The van der Waals surface area contributed by atoms with Crippen LogP contribution >= 0.6 is 0 Å². The lowest BCUT2D eigenvalue weighted by Gasteiger charge is -2.21. The van der Waals surface area contributed by atoms with Crippen molar-refractivity contribution in [3.8, 4) is 0 Å². The first-order valence-corrected chi connectivity index (χ1v) is 6.98. The van der Waals surface area contributed by atoms with Gasteiger partial charge in [-0.2, -0.15) is 0 Å². The average Bonchev–Trinajstić information content (AvgIpc) is 2.33. The van der Waals surface area contributed by atoms with E-state index >= 15 is 0 Å². The van der Waals surface area contributed by atoms with Gasteiger partial charge in [-0.25, -0.2) is 0 Å². The van der Waals surface area contributed by atoms with E-state index in [1.165, 1.54) is 30.4 Å². The third-order valence-corrected chi connectivity index (χ3v) is 3.54. The average molecular weight is 249 g/mol. The molecule has 1 N–H and O–H groups in total. The Labute approximate surface area is 112 Å². The summed E-state index contributed by atoms with van der Waals surface area (Å²) in [7, 11) is 2.08. The van der Waals surface area contributed by atoms with Gasteiger partial charge >= 0.3 is 0 Å². The third-order valence-electron chi connectivity index (χ3n) is 3.54. The van der Waals surface area contributed by atoms with E-state index < -0.39 is 0 Å². The third kappa shape index (κ3) is 4.79. The Balaban J connectivity index is 2.48. The first-order chi connectivity index (χ1) is 8.54. The Hall–Kier alpha value is -0.860. The molecule has 0 aliphatic carbocycles. The normalized spacial score (nSPS) is 13.0. The molecule has 0 aliphatic heterocycles.